The molecule has 0 spiro atoms. The Morgan fingerprint density at radius 1 is 1.04 bits per heavy atom. The van der Waals surface area contributed by atoms with E-state index in [9.17, 15) is 9.59 Å². The highest BCUT2D eigenvalue weighted by Gasteiger charge is 2.25. The second kappa shape index (κ2) is 10.1. The van der Waals surface area contributed by atoms with Gasteiger partial charge in [-0.1, -0.05) is 48.5 Å². The van der Waals surface area contributed by atoms with Gasteiger partial charge in [-0.3, -0.25) is 4.79 Å². The van der Waals surface area contributed by atoms with Crippen LogP contribution >= 0.6 is 11.6 Å². The first kappa shape index (κ1) is 21.8. The lowest BCUT2D eigenvalue weighted by molar-refractivity contribution is -0.118. The molecular formula is C22H26ClNO4. The summed E-state index contributed by atoms with van der Waals surface area (Å²) in [4.78, 5) is 24.4. The second-order valence-corrected chi connectivity index (χ2v) is 7.65. The minimum Gasteiger partial charge on any atom is -0.489 e. The number of alkyl carbamates (subject to hydrolysis) is 1. The van der Waals surface area contributed by atoms with Crippen LogP contribution in [0, 0.1) is 0 Å². The van der Waals surface area contributed by atoms with Crippen molar-refractivity contribution in [2.75, 3.05) is 5.88 Å². The molecule has 0 fully saturated rings. The Hall–Kier alpha value is -2.53. The number of rotatable bonds is 8. The van der Waals surface area contributed by atoms with Crippen molar-refractivity contribution in [2.24, 2.45) is 0 Å². The molecule has 6 heteroatoms. The second-order valence-electron chi connectivity index (χ2n) is 7.38. The fourth-order valence-corrected chi connectivity index (χ4v) is 2.74. The van der Waals surface area contributed by atoms with Crippen LogP contribution in [-0.2, 0) is 22.6 Å². The molecule has 0 saturated carbocycles. The molecule has 0 aliphatic heterocycles. The number of carbonyl (C=O) groups excluding carboxylic acids is 2. The van der Waals surface area contributed by atoms with Crippen molar-refractivity contribution in [3.63, 3.8) is 0 Å². The Kier molecular flexibility index (Phi) is 7.88. The minimum atomic E-state index is -0.797. The van der Waals surface area contributed by atoms with E-state index in [0.717, 1.165) is 11.1 Å². The average molecular weight is 404 g/mol. The molecule has 2 aromatic carbocycles. The number of para-hydroxylation sites is 1. The highest BCUT2D eigenvalue weighted by atomic mass is 35.5. The number of halogens is 1. The van der Waals surface area contributed by atoms with Crippen molar-refractivity contribution < 1.29 is 19.1 Å². The Morgan fingerprint density at radius 3 is 2.32 bits per heavy atom. The first-order chi connectivity index (χ1) is 13.3. The number of hydrogen-bond acceptors (Lipinski definition) is 4. The van der Waals surface area contributed by atoms with Crippen LogP contribution in [-0.4, -0.2) is 29.4 Å². The van der Waals surface area contributed by atoms with Crippen molar-refractivity contribution in [1.29, 1.82) is 0 Å². The molecule has 0 heterocycles. The van der Waals surface area contributed by atoms with Crippen LogP contribution in [0.2, 0.25) is 0 Å². The zero-order chi connectivity index (χ0) is 20.6. The highest BCUT2D eigenvalue weighted by Crippen LogP contribution is 2.21. The smallest absolute Gasteiger partial charge is 0.408 e. The molecule has 1 unspecified atom stereocenters. The SMILES string of the molecule is CC(C)(C)OC(=O)NC(Cc1ccccc1OCc1ccccc1)C(=O)CCl. The molecule has 0 radical (unpaired) electrons. The third kappa shape index (κ3) is 7.24. The summed E-state index contributed by atoms with van der Waals surface area (Å²) in [6.07, 6.45) is -0.394. The molecule has 1 N–H and O–H groups in total. The van der Waals surface area contributed by atoms with Crippen LogP contribution in [0.4, 0.5) is 4.79 Å². The fraction of sp³-hybridized carbons (Fsp3) is 0.364. The third-order valence-electron chi connectivity index (χ3n) is 3.85. The van der Waals surface area contributed by atoms with Gasteiger partial charge in [-0.05, 0) is 38.0 Å². The number of benzene rings is 2. The van der Waals surface area contributed by atoms with Gasteiger partial charge in [0.2, 0.25) is 0 Å². The number of ether oxygens (including phenoxy) is 2. The lowest BCUT2D eigenvalue weighted by Crippen LogP contribution is -2.45. The molecule has 0 aromatic heterocycles. The predicted octanol–water partition coefficient (Wildman–Crippen LogP) is 4.51. The predicted molar refractivity (Wildman–Crippen MR) is 110 cm³/mol. The number of carbonyl (C=O) groups is 2. The van der Waals surface area contributed by atoms with Crippen molar-refractivity contribution in [1.82, 2.24) is 5.32 Å². The summed E-state index contributed by atoms with van der Waals surface area (Å²) in [5.41, 5.74) is 1.19. The van der Waals surface area contributed by atoms with Gasteiger partial charge in [0.05, 0.1) is 11.9 Å². The van der Waals surface area contributed by atoms with Crippen molar-refractivity contribution >= 4 is 23.5 Å². The lowest BCUT2D eigenvalue weighted by Gasteiger charge is -2.23. The number of ketones is 1. The first-order valence-electron chi connectivity index (χ1n) is 9.11. The summed E-state index contributed by atoms with van der Waals surface area (Å²) >= 11 is 5.74. The molecule has 1 atom stereocenters. The van der Waals surface area contributed by atoms with Gasteiger partial charge in [-0.2, -0.15) is 0 Å². The van der Waals surface area contributed by atoms with Crippen molar-refractivity contribution in [2.45, 2.75) is 45.4 Å². The molecule has 2 aromatic rings. The van der Waals surface area contributed by atoms with E-state index in [1.54, 1.807) is 20.8 Å². The van der Waals surface area contributed by atoms with Crippen LogP contribution in [0.3, 0.4) is 0 Å². The summed E-state index contributed by atoms with van der Waals surface area (Å²) in [7, 11) is 0. The van der Waals surface area contributed by atoms with Crippen LogP contribution in [0.5, 0.6) is 5.75 Å². The Morgan fingerprint density at radius 2 is 1.68 bits per heavy atom. The summed E-state index contributed by atoms with van der Waals surface area (Å²) in [5.74, 6) is 0.170. The number of Topliss-reactive ketones (excluding diaryl/α,β-unsaturated/α-hetero) is 1. The molecule has 2 rings (SSSR count). The fourth-order valence-electron chi connectivity index (χ4n) is 2.56. The zero-order valence-electron chi connectivity index (χ0n) is 16.4. The molecule has 0 saturated heterocycles. The van der Waals surface area contributed by atoms with E-state index >= 15 is 0 Å². The molecule has 0 aliphatic rings. The van der Waals surface area contributed by atoms with Gasteiger partial charge in [0.1, 0.15) is 18.0 Å². The van der Waals surface area contributed by atoms with Crippen molar-refractivity contribution in [3.8, 4) is 5.75 Å². The molecule has 0 bridgehead atoms. The van der Waals surface area contributed by atoms with Crippen molar-refractivity contribution in [3.05, 3.63) is 65.7 Å². The maximum atomic E-state index is 12.3. The van der Waals surface area contributed by atoms with E-state index in [4.69, 9.17) is 21.1 Å². The zero-order valence-corrected chi connectivity index (χ0v) is 17.2. The maximum absolute atomic E-state index is 12.3. The Balaban J connectivity index is 2.11. The first-order valence-corrected chi connectivity index (χ1v) is 9.65. The number of amides is 1. The van der Waals surface area contributed by atoms with Gasteiger partial charge in [0, 0.05) is 6.42 Å². The van der Waals surface area contributed by atoms with E-state index in [-0.39, 0.29) is 18.1 Å². The quantitative estimate of drug-likeness (QED) is 0.658. The van der Waals surface area contributed by atoms with E-state index in [0.29, 0.717) is 12.4 Å². The van der Waals surface area contributed by atoms with Gasteiger partial charge in [0.15, 0.2) is 5.78 Å². The molecule has 150 valence electrons. The van der Waals surface area contributed by atoms with E-state index in [1.807, 2.05) is 54.6 Å². The maximum Gasteiger partial charge on any atom is 0.408 e. The van der Waals surface area contributed by atoms with E-state index in [2.05, 4.69) is 5.32 Å². The van der Waals surface area contributed by atoms with Crippen LogP contribution in [0.1, 0.15) is 31.9 Å². The number of hydrogen-bond donors (Lipinski definition) is 1. The van der Waals surface area contributed by atoms with E-state index in [1.165, 1.54) is 0 Å². The molecular weight excluding hydrogens is 378 g/mol. The summed E-state index contributed by atoms with van der Waals surface area (Å²) in [5, 5.41) is 2.62. The van der Waals surface area contributed by atoms with Crippen LogP contribution in [0.25, 0.3) is 0 Å². The highest BCUT2D eigenvalue weighted by molar-refractivity contribution is 6.28. The van der Waals surface area contributed by atoms with Gasteiger partial charge < -0.3 is 14.8 Å². The largest absolute Gasteiger partial charge is 0.489 e. The molecule has 1 amide bonds. The minimum absolute atomic E-state index is 0.201. The monoisotopic (exact) mass is 403 g/mol. The average Bonchev–Trinajstić information content (AvgIpc) is 2.65. The third-order valence-corrected chi connectivity index (χ3v) is 4.11. The van der Waals surface area contributed by atoms with Gasteiger partial charge in [-0.15, -0.1) is 11.6 Å². The van der Waals surface area contributed by atoms with Crippen LogP contribution < -0.4 is 10.1 Å². The lowest BCUT2D eigenvalue weighted by atomic mass is 10.0. The normalized spacial score (nSPS) is 12.1. The summed E-state index contributed by atoms with van der Waals surface area (Å²) in [6, 6.07) is 16.4. The molecule has 5 nitrogen and oxygen atoms in total. The van der Waals surface area contributed by atoms with Crippen LogP contribution in [0.15, 0.2) is 54.6 Å². The topological polar surface area (TPSA) is 64.6 Å². The van der Waals surface area contributed by atoms with Gasteiger partial charge >= 0.3 is 6.09 Å². The summed E-state index contributed by atoms with van der Waals surface area (Å²) < 4.78 is 11.2. The van der Waals surface area contributed by atoms with Gasteiger partial charge in [0.25, 0.3) is 0 Å². The Bertz CT molecular complexity index is 787. The summed E-state index contributed by atoms with van der Waals surface area (Å²) in [6.45, 7) is 5.69. The van der Waals surface area contributed by atoms with E-state index < -0.39 is 17.7 Å². The number of alkyl halides is 1. The van der Waals surface area contributed by atoms with Gasteiger partial charge in [-0.25, -0.2) is 4.79 Å². The molecule has 0 aliphatic carbocycles. The standard InChI is InChI=1S/C22H26ClNO4/c1-22(2,3)28-21(26)24-18(19(25)14-23)13-17-11-7-8-12-20(17)27-15-16-9-5-4-6-10-16/h4-12,18H,13-15H2,1-3H3,(H,24,26). The number of nitrogens with one attached hydrogen (secondary N) is 1. The molecule has 28 heavy (non-hydrogen) atoms. The Labute approximate surface area is 171 Å².